The topological polar surface area (TPSA) is 69.6 Å². The number of phenolic OH excluding ortho intramolecular Hbond substituents is 1. The van der Waals surface area contributed by atoms with E-state index < -0.39 is 5.97 Å². The summed E-state index contributed by atoms with van der Waals surface area (Å²) in [6.07, 6.45) is 1.57. The Morgan fingerprint density at radius 2 is 2.29 bits per heavy atom. The van der Waals surface area contributed by atoms with Crippen LogP contribution in [0.15, 0.2) is 18.2 Å². The van der Waals surface area contributed by atoms with Crippen molar-refractivity contribution < 1.29 is 15.0 Å². The van der Waals surface area contributed by atoms with Gasteiger partial charge in [-0.3, -0.25) is 4.79 Å². The number of fused-ring (bicyclic) bond motifs is 1. The number of nitrogens with one attached hydrogen (secondary N) is 1. The zero-order chi connectivity index (χ0) is 12.5. The van der Waals surface area contributed by atoms with Gasteiger partial charge in [-0.25, -0.2) is 0 Å². The Morgan fingerprint density at radius 3 is 3.00 bits per heavy atom. The Labute approximate surface area is 100 Å². The molecular formula is C13H17NO3. The molecule has 0 bridgehead atoms. The van der Waals surface area contributed by atoms with Crippen molar-refractivity contribution in [2.24, 2.45) is 0 Å². The monoisotopic (exact) mass is 235 g/mol. The number of hydrogen-bond donors (Lipinski definition) is 3. The molecule has 0 spiro atoms. The molecule has 0 amide bonds. The van der Waals surface area contributed by atoms with Crippen LogP contribution in [0.3, 0.4) is 0 Å². The number of carboxylic acids is 1. The minimum atomic E-state index is -0.791. The molecule has 17 heavy (non-hydrogen) atoms. The number of carbonyl (C=O) groups is 1. The molecule has 0 fully saturated rings. The maximum absolute atomic E-state index is 10.7. The van der Waals surface area contributed by atoms with Crippen molar-refractivity contribution in [3.63, 3.8) is 0 Å². The summed E-state index contributed by atoms with van der Waals surface area (Å²) in [5.74, 6) is -0.561. The zero-order valence-electron chi connectivity index (χ0n) is 9.86. The first-order chi connectivity index (χ1) is 8.01. The van der Waals surface area contributed by atoms with Gasteiger partial charge in [-0.1, -0.05) is 6.07 Å². The summed E-state index contributed by atoms with van der Waals surface area (Å²) in [5, 5.41) is 21.7. The standard InChI is InChI=1S/C13H17NO3/c1-13(6-4-12(16)17)11-8-10(15)3-2-9(11)5-7-14-13/h2-3,8,14-15H,4-7H2,1H3,(H,16,17). The fourth-order valence-corrected chi connectivity index (χ4v) is 2.44. The van der Waals surface area contributed by atoms with E-state index in [2.05, 4.69) is 5.32 Å². The second-order valence-corrected chi connectivity index (χ2v) is 4.74. The van der Waals surface area contributed by atoms with Gasteiger partial charge in [0.15, 0.2) is 0 Å². The van der Waals surface area contributed by atoms with Crippen molar-refractivity contribution in [3.05, 3.63) is 29.3 Å². The molecular weight excluding hydrogens is 218 g/mol. The summed E-state index contributed by atoms with van der Waals surface area (Å²) >= 11 is 0. The van der Waals surface area contributed by atoms with E-state index in [0.717, 1.165) is 18.5 Å². The van der Waals surface area contributed by atoms with E-state index in [0.29, 0.717) is 6.42 Å². The summed E-state index contributed by atoms with van der Waals surface area (Å²) in [6, 6.07) is 5.34. The number of benzene rings is 1. The van der Waals surface area contributed by atoms with Gasteiger partial charge in [0.25, 0.3) is 0 Å². The largest absolute Gasteiger partial charge is 0.508 e. The molecule has 1 aliphatic heterocycles. The van der Waals surface area contributed by atoms with E-state index >= 15 is 0 Å². The molecule has 0 radical (unpaired) electrons. The highest BCUT2D eigenvalue weighted by molar-refractivity contribution is 5.67. The van der Waals surface area contributed by atoms with Gasteiger partial charge >= 0.3 is 5.97 Å². The van der Waals surface area contributed by atoms with Crippen LogP contribution < -0.4 is 5.32 Å². The molecule has 1 aromatic rings. The van der Waals surface area contributed by atoms with Crippen LogP contribution in [0.5, 0.6) is 5.75 Å². The molecule has 0 saturated heterocycles. The highest BCUT2D eigenvalue weighted by Gasteiger charge is 2.32. The minimum absolute atomic E-state index is 0.124. The molecule has 2 rings (SSSR count). The Morgan fingerprint density at radius 1 is 1.53 bits per heavy atom. The molecule has 4 nitrogen and oxygen atoms in total. The van der Waals surface area contributed by atoms with Crippen molar-refractivity contribution in [2.75, 3.05) is 6.54 Å². The van der Waals surface area contributed by atoms with Crippen LogP contribution in [0.2, 0.25) is 0 Å². The minimum Gasteiger partial charge on any atom is -0.508 e. The molecule has 1 heterocycles. The van der Waals surface area contributed by atoms with Gasteiger partial charge in [0.1, 0.15) is 5.75 Å². The van der Waals surface area contributed by atoms with Gasteiger partial charge < -0.3 is 15.5 Å². The maximum Gasteiger partial charge on any atom is 0.303 e. The van der Waals surface area contributed by atoms with E-state index in [1.807, 2.05) is 13.0 Å². The maximum atomic E-state index is 10.7. The lowest BCUT2D eigenvalue weighted by Gasteiger charge is -2.37. The second kappa shape index (κ2) is 4.37. The third-order valence-electron chi connectivity index (χ3n) is 3.44. The van der Waals surface area contributed by atoms with E-state index in [9.17, 15) is 9.90 Å². The molecule has 1 atom stereocenters. The first kappa shape index (κ1) is 11.9. The average molecular weight is 235 g/mol. The van der Waals surface area contributed by atoms with Gasteiger partial charge in [0.2, 0.25) is 0 Å². The van der Waals surface area contributed by atoms with Gasteiger partial charge in [-0.2, -0.15) is 0 Å². The predicted octanol–water partition coefficient (Wildman–Crippen LogP) is 1.62. The first-order valence-electron chi connectivity index (χ1n) is 5.80. The summed E-state index contributed by atoms with van der Waals surface area (Å²) in [6.45, 7) is 2.83. The lowest BCUT2D eigenvalue weighted by Crippen LogP contribution is -2.45. The fourth-order valence-electron chi connectivity index (χ4n) is 2.44. The van der Waals surface area contributed by atoms with E-state index in [1.54, 1.807) is 12.1 Å². The molecule has 1 unspecified atom stereocenters. The van der Waals surface area contributed by atoms with Crippen LogP contribution >= 0.6 is 0 Å². The third kappa shape index (κ3) is 2.42. The number of carboxylic acid groups (broad SMARTS) is 1. The lowest BCUT2D eigenvalue weighted by atomic mass is 9.80. The highest BCUT2D eigenvalue weighted by atomic mass is 16.4. The number of aromatic hydroxyl groups is 1. The van der Waals surface area contributed by atoms with E-state index in [4.69, 9.17) is 5.11 Å². The number of aliphatic carboxylic acids is 1. The number of phenols is 1. The van der Waals surface area contributed by atoms with Crippen molar-refractivity contribution >= 4 is 5.97 Å². The van der Waals surface area contributed by atoms with Crippen LogP contribution in [-0.4, -0.2) is 22.7 Å². The van der Waals surface area contributed by atoms with Crippen LogP contribution in [0.4, 0.5) is 0 Å². The summed E-state index contributed by atoms with van der Waals surface area (Å²) in [7, 11) is 0. The van der Waals surface area contributed by atoms with Crippen LogP contribution in [0.1, 0.15) is 30.9 Å². The second-order valence-electron chi connectivity index (χ2n) is 4.74. The van der Waals surface area contributed by atoms with Crippen LogP contribution in [0.25, 0.3) is 0 Å². The predicted molar refractivity (Wildman–Crippen MR) is 64.0 cm³/mol. The van der Waals surface area contributed by atoms with Crippen molar-refractivity contribution in [3.8, 4) is 5.75 Å². The van der Waals surface area contributed by atoms with Gasteiger partial charge in [0, 0.05) is 12.0 Å². The molecule has 0 saturated carbocycles. The Bertz CT molecular complexity index is 444. The Hall–Kier alpha value is -1.55. The average Bonchev–Trinajstić information content (AvgIpc) is 2.28. The zero-order valence-corrected chi connectivity index (χ0v) is 9.86. The third-order valence-corrected chi connectivity index (χ3v) is 3.44. The van der Waals surface area contributed by atoms with E-state index in [1.165, 1.54) is 5.56 Å². The van der Waals surface area contributed by atoms with Crippen molar-refractivity contribution in [1.82, 2.24) is 5.32 Å². The lowest BCUT2D eigenvalue weighted by molar-refractivity contribution is -0.137. The van der Waals surface area contributed by atoms with Crippen LogP contribution in [-0.2, 0) is 16.8 Å². The molecule has 1 aliphatic rings. The molecule has 0 aliphatic carbocycles. The number of rotatable bonds is 3. The molecule has 92 valence electrons. The Kier molecular flexibility index (Phi) is 3.07. The smallest absolute Gasteiger partial charge is 0.303 e. The summed E-state index contributed by atoms with van der Waals surface area (Å²) < 4.78 is 0. The van der Waals surface area contributed by atoms with Crippen molar-refractivity contribution in [1.29, 1.82) is 0 Å². The molecule has 1 aromatic carbocycles. The molecule has 3 N–H and O–H groups in total. The first-order valence-corrected chi connectivity index (χ1v) is 5.80. The van der Waals surface area contributed by atoms with Gasteiger partial charge in [-0.05, 0) is 49.6 Å². The Balaban J connectivity index is 2.31. The SMILES string of the molecule is CC1(CCC(=O)O)NCCc2ccc(O)cc21. The van der Waals surface area contributed by atoms with Crippen molar-refractivity contribution in [2.45, 2.75) is 31.7 Å². The molecule has 0 aromatic heterocycles. The fraction of sp³-hybridized carbons (Fsp3) is 0.462. The number of hydrogen-bond acceptors (Lipinski definition) is 3. The highest BCUT2D eigenvalue weighted by Crippen LogP contribution is 2.34. The van der Waals surface area contributed by atoms with E-state index in [-0.39, 0.29) is 17.7 Å². The van der Waals surface area contributed by atoms with Gasteiger partial charge in [-0.15, -0.1) is 0 Å². The van der Waals surface area contributed by atoms with Gasteiger partial charge in [0.05, 0.1) is 0 Å². The summed E-state index contributed by atoms with van der Waals surface area (Å²) in [4.78, 5) is 10.7. The van der Waals surface area contributed by atoms with Crippen LogP contribution in [0, 0.1) is 0 Å². The summed E-state index contributed by atoms with van der Waals surface area (Å²) in [5.41, 5.74) is 1.85. The molecule has 4 heteroatoms. The normalized spacial score (nSPS) is 23.1. The quantitative estimate of drug-likeness (QED) is 0.744.